The Morgan fingerprint density at radius 2 is 1.09 bits per heavy atom. The predicted octanol–water partition coefficient (Wildman–Crippen LogP) is 4.13. The Morgan fingerprint density at radius 1 is 0.727 bits per heavy atom. The molecule has 0 N–H and O–H groups in total. The highest BCUT2D eigenvalue weighted by Crippen LogP contribution is 2.49. The number of rotatable bonds is 12. The van der Waals surface area contributed by atoms with E-state index in [1.807, 2.05) is 51.2 Å². The first-order valence-electron chi connectivity index (χ1n) is 8.44. The second-order valence-corrected chi connectivity index (χ2v) is 8.27. The van der Waals surface area contributed by atoms with Crippen LogP contribution in [0, 0.1) is 0 Å². The number of hydrogen-bond donors (Lipinski definition) is 0. The Balaban J connectivity index is 2.73. The zero-order valence-electron chi connectivity index (χ0n) is 14.5. The molecule has 0 aliphatic carbocycles. The SMILES string of the molecule is CCOC(CC1(CC(OCC)OCC)SCCCS1)OCC. The van der Waals surface area contributed by atoms with Gasteiger partial charge in [0, 0.05) is 39.3 Å². The van der Waals surface area contributed by atoms with Crippen LogP contribution in [-0.2, 0) is 18.9 Å². The highest BCUT2D eigenvalue weighted by atomic mass is 32.2. The van der Waals surface area contributed by atoms with Gasteiger partial charge in [-0.15, -0.1) is 23.5 Å². The molecule has 0 aromatic carbocycles. The first-order valence-corrected chi connectivity index (χ1v) is 10.4. The number of thioether (sulfide) groups is 2. The van der Waals surface area contributed by atoms with Gasteiger partial charge in [-0.2, -0.15) is 0 Å². The van der Waals surface area contributed by atoms with Gasteiger partial charge in [-0.25, -0.2) is 0 Å². The molecule has 132 valence electrons. The first kappa shape index (κ1) is 20.6. The minimum Gasteiger partial charge on any atom is -0.353 e. The van der Waals surface area contributed by atoms with E-state index >= 15 is 0 Å². The van der Waals surface area contributed by atoms with Crippen molar-refractivity contribution in [3.63, 3.8) is 0 Å². The van der Waals surface area contributed by atoms with E-state index in [-0.39, 0.29) is 16.7 Å². The summed E-state index contributed by atoms with van der Waals surface area (Å²) in [5, 5.41) is 0. The molecule has 1 aliphatic heterocycles. The molecule has 0 unspecified atom stereocenters. The van der Waals surface area contributed by atoms with Crippen molar-refractivity contribution in [2.24, 2.45) is 0 Å². The van der Waals surface area contributed by atoms with Crippen LogP contribution in [0.25, 0.3) is 0 Å². The lowest BCUT2D eigenvalue weighted by Crippen LogP contribution is -2.37. The van der Waals surface area contributed by atoms with E-state index in [0.717, 1.165) is 12.8 Å². The third-order valence-corrected chi connectivity index (χ3v) is 6.80. The van der Waals surface area contributed by atoms with Gasteiger partial charge in [0.05, 0.1) is 4.08 Å². The lowest BCUT2D eigenvalue weighted by atomic mass is 10.2. The van der Waals surface area contributed by atoms with Gasteiger partial charge in [-0.05, 0) is 45.6 Å². The maximum atomic E-state index is 5.78. The Morgan fingerprint density at radius 3 is 1.41 bits per heavy atom. The van der Waals surface area contributed by atoms with Crippen molar-refractivity contribution in [3.8, 4) is 0 Å². The second-order valence-electron chi connectivity index (χ2n) is 5.05. The summed E-state index contributed by atoms with van der Waals surface area (Å²) in [4.78, 5) is 0. The van der Waals surface area contributed by atoms with E-state index in [1.54, 1.807) is 0 Å². The average molecular weight is 353 g/mol. The van der Waals surface area contributed by atoms with Crippen molar-refractivity contribution in [2.75, 3.05) is 37.9 Å². The Kier molecular flexibility index (Phi) is 11.2. The van der Waals surface area contributed by atoms with Crippen LogP contribution < -0.4 is 0 Å². The second kappa shape index (κ2) is 12.0. The van der Waals surface area contributed by atoms with Crippen molar-refractivity contribution in [1.82, 2.24) is 0 Å². The average Bonchev–Trinajstić information content (AvgIpc) is 2.49. The van der Waals surface area contributed by atoms with Gasteiger partial charge >= 0.3 is 0 Å². The van der Waals surface area contributed by atoms with Gasteiger partial charge in [0.1, 0.15) is 0 Å². The maximum Gasteiger partial charge on any atom is 0.159 e. The minimum absolute atomic E-state index is 0.0578. The lowest BCUT2D eigenvalue weighted by molar-refractivity contribution is -0.156. The molecule has 4 nitrogen and oxygen atoms in total. The molecular formula is C16H32O4S2. The minimum atomic E-state index is -0.142. The van der Waals surface area contributed by atoms with Crippen LogP contribution >= 0.6 is 23.5 Å². The van der Waals surface area contributed by atoms with Gasteiger partial charge in [0.2, 0.25) is 0 Å². The highest BCUT2D eigenvalue weighted by Gasteiger charge is 2.39. The topological polar surface area (TPSA) is 36.9 Å². The standard InChI is InChI=1S/C16H32O4S2/c1-5-17-14(18-6-2)12-16(21-10-9-11-22-16)13-15(19-7-3)20-8-4/h14-15H,5-13H2,1-4H3. The molecule has 1 saturated heterocycles. The molecule has 0 spiro atoms. The van der Waals surface area contributed by atoms with Crippen molar-refractivity contribution >= 4 is 23.5 Å². The van der Waals surface area contributed by atoms with E-state index < -0.39 is 0 Å². The molecule has 6 heteroatoms. The third kappa shape index (κ3) is 7.41. The van der Waals surface area contributed by atoms with Crippen LogP contribution in [0.5, 0.6) is 0 Å². The Hall–Kier alpha value is 0.540. The zero-order chi connectivity index (χ0) is 16.3. The van der Waals surface area contributed by atoms with Crippen molar-refractivity contribution in [3.05, 3.63) is 0 Å². The van der Waals surface area contributed by atoms with Crippen LogP contribution in [0.3, 0.4) is 0 Å². The summed E-state index contributed by atoms with van der Waals surface area (Å²) < 4.78 is 23.2. The van der Waals surface area contributed by atoms with E-state index in [9.17, 15) is 0 Å². The van der Waals surface area contributed by atoms with Gasteiger partial charge < -0.3 is 18.9 Å². The van der Waals surface area contributed by atoms with Crippen LogP contribution in [0.2, 0.25) is 0 Å². The summed E-state index contributed by atoms with van der Waals surface area (Å²) in [6.07, 6.45) is 2.73. The number of hydrogen-bond acceptors (Lipinski definition) is 6. The van der Waals surface area contributed by atoms with Crippen molar-refractivity contribution < 1.29 is 18.9 Å². The van der Waals surface area contributed by atoms with E-state index in [4.69, 9.17) is 18.9 Å². The molecule has 0 bridgehead atoms. The smallest absolute Gasteiger partial charge is 0.159 e. The van der Waals surface area contributed by atoms with E-state index in [2.05, 4.69) is 0 Å². The van der Waals surface area contributed by atoms with Crippen LogP contribution in [0.1, 0.15) is 47.0 Å². The molecule has 0 saturated carbocycles. The van der Waals surface area contributed by atoms with Gasteiger partial charge in [-0.1, -0.05) is 0 Å². The Bertz CT molecular complexity index is 241. The molecule has 22 heavy (non-hydrogen) atoms. The summed E-state index contributed by atoms with van der Waals surface area (Å²) in [5.41, 5.74) is 0. The third-order valence-electron chi connectivity index (χ3n) is 3.38. The fraction of sp³-hybridized carbons (Fsp3) is 1.00. The molecule has 0 aromatic rings. The molecule has 0 radical (unpaired) electrons. The summed E-state index contributed by atoms with van der Waals surface area (Å²) in [6.45, 7) is 10.8. The molecule has 0 aromatic heterocycles. The first-order chi connectivity index (χ1) is 10.7. The zero-order valence-corrected chi connectivity index (χ0v) is 16.1. The number of ether oxygens (including phenoxy) is 4. The summed E-state index contributed by atoms with van der Waals surface area (Å²) in [7, 11) is 0. The van der Waals surface area contributed by atoms with E-state index in [1.165, 1.54) is 17.9 Å². The normalized spacial score (nSPS) is 18.3. The van der Waals surface area contributed by atoms with Gasteiger partial charge in [-0.3, -0.25) is 0 Å². The molecule has 0 atom stereocenters. The van der Waals surface area contributed by atoms with Crippen molar-refractivity contribution in [2.45, 2.75) is 63.6 Å². The van der Waals surface area contributed by atoms with Crippen LogP contribution in [0.15, 0.2) is 0 Å². The lowest BCUT2D eigenvalue weighted by Gasteiger charge is -2.40. The molecule has 1 heterocycles. The monoisotopic (exact) mass is 352 g/mol. The van der Waals surface area contributed by atoms with Gasteiger partial charge in [0.25, 0.3) is 0 Å². The molecular weight excluding hydrogens is 320 g/mol. The summed E-state index contributed by atoms with van der Waals surface area (Å²) in [6, 6.07) is 0. The highest BCUT2D eigenvalue weighted by molar-refractivity contribution is 8.18. The largest absolute Gasteiger partial charge is 0.353 e. The molecule has 0 amide bonds. The van der Waals surface area contributed by atoms with Crippen LogP contribution in [-0.4, -0.2) is 54.6 Å². The molecule has 1 fully saturated rings. The maximum absolute atomic E-state index is 5.78. The molecule has 1 rings (SSSR count). The fourth-order valence-corrected chi connectivity index (χ4v) is 5.87. The predicted molar refractivity (Wildman–Crippen MR) is 95.6 cm³/mol. The summed E-state index contributed by atoms with van der Waals surface area (Å²) in [5.74, 6) is 2.37. The van der Waals surface area contributed by atoms with Gasteiger partial charge in [0.15, 0.2) is 12.6 Å². The fourth-order valence-electron chi connectivity index (χ4n) is 2.52. The summed E-state index contributed by atoms with van der Waals surface area (Å²) >= 11 is 4.03. The molecule has 1 aliphatic rings. The Labute approximate surface area is 144 Å². The van der Waals surface area contributed by atoms with Crippen molar-refractivity contribution in [1.29, 1.82) is 0 Å². The quantitative estimate of drug-likeness (QED) is 0.492. The van der Waals surface area contributed by atoms with Crippen LogP contribution in [0.4, 0.5) is 0 Å². The van der Waals surface area contributed by atoms with E-state index in [0.29, 0.717) is 26.4 Å².